The number of aromatic nitrogens is 7. The lowest BCUT2D eigenvalue weighted by molar-refractivity contribution is 0.0556. The van der Waals surface area contributed by atoms with Crippen molar-refractivity contribution in [2.75, 3.05) is 12.0 Å². The van der Waals surface area contributed by atoms with E-state index in [0.29, 0.717) is 36.3 Å². The molecular formula is C21H24N10O3S2. The summed E-state index contributed by atoms with van der Waals surface area (Å²) in [7, 11) is -3.72. The fourth-order valence-electron chi connectivity index (χ4n) is 5.54. The third-order valence-electron chi connectivity index (χ3n) is 7.00. The molecule has 0 aliphatic carbocycles. The van der Waals surface area contributed by atoms with Crippen LogP contribution in [-0.4, -0.2) is 72.3 Å². The Morgan fingerprint density at radius 2 is 1.97 bits per heavy atom. The van der Waals surface area contributed by atoms with Gasteiger partial charge in [0.15, 0.2) is 15.5 Å². The van der Waals surface area contributed by atoms with Crippen molar-refractivity contribution in [1.29, 1.82) is 0 Å². The number of nitrogens with two attached hydrogens (primary N) is 2. The number of fused-ring (bicyclic) bond motifs is 3. The zero-order valence-electron chi connectivity index (χ0n) is 19.3. The maximum absolute atomic E-state index is 13.0. The molecule has 4 aromatic rings. The second-order valence-corrected chi connectivity index (χ2v) is 12.3. The number of hydrogen-bond donors (Lipinski definition) is 3. The Morgan fingerprint density at radius 1 is 1.22 bits per heavy atom. The molecule has 1 amide bonds. The summed E-state index contributed by atoms with van der Waals surface area (Å²) >= 11 is 1.43. The van der Waals surface area contributed by atoms with Crippen LogP contribution in [0.15, 0.2) is 23.6 Å². The second kappa shape index (κ2) is 8.31. The van der Waals surface area contributed by atoms with Gasteiger partial charge in [-0.25, -0.2) is 23.4 Å². The molecule has 0 spiro atoms. The molecule has 2 bridgehead atoms. The van der Waals surface area contributed by atoms with E-state index in [1.54, 1.807) is 12.4 Å². The number of amides is 1. The molecule has 2 fully saturated rings. The molecule has 188 valence electrons. The van der Waals surface area contributed by atoms with Crippen LogP contribution >= 0.6 is 11.3 Å². The normalized spacial score (nSPS) is 21.9. The number of nitrogens with zero attached hydrogens (tertiary/aromatic N) is 7. The van der Waals surface area contributed by atoms with Gasteiger partial charge < -0.3 is 16.4 Å². The highest BCUT2D eigenvalue weighted by Gasteiger charge is 2.46. The standard InChI is InChI=1S/C21H24N10O3S2/c1-36(33,34)17-16(10-4-11-2-3-12(5-10)30(11)21(32)19-25-9-26-29-19)28-20-13(7-27-31(20)18(17)23)14-8-24-15(6-22)35-14/h7-12H,2-6,22-23H2,1H3,(H,25,26,29)/t11-,12-/m1/s1. The van der Waals surface area contributed by atoms with Crippen LogP contribution in [0.25, 0.3) is 16.1 Å². The highest BCUT2D eigenvalue weighted by atomic mass is 32.2. The topological polar surface area (TPSA) is 191 Å². The van der Waals surface area contributed by atoms with Gasteiger partial charge in [-0.05, 0) is 25.7 Å². The van der Waals surface area contributed by atoms with Crippen LogP contribution in [0, 0.1) is 0 Å². The van der Waals surface area contributed by atoms with Gasteiger partial charge in [0.05, 0.1) is 22.3 Å². The fraction of sp³-hybridized carbons (Fsp3) is 0.429. The van der Waals surface area contributed by atoms with Crippen molar-refractivity contribution in [2.24, 2.45) is 5.73 Å². The van der Waals surface area contributed by atoms with Crippen LogP contribution in [0.5, 0.6) is 0 Å². The van der Waals surface area contributed by atoms with E-state index in [4.69, 9.17) is 16.5 Å². The van der Waals surface area contributed by atoms with E-state index in [9.17, 15) is 13.2 Å². The minimum atomic E-state index is -3.72. The van der Waals surface area contributed by atoms with Crippen molar-refractivity contribution in [2.45, 2.75) is 55.1 Å². The molecule has 2 atom stereocenters. The summed E-state index contributed by atoms with van der Waals surface area (Å²) in [6.45, 7) is 0.317. The molecule has 0 aromatic carbocycles. The third kappa shape index (κ3) is 3.57. The zero-order chi connectivity index (χ0) is 25.2. The zero-order valence-corrected chi connectivity index (χ0v) is 21.0. The number of carbonyl (C=O) groups is 1. The Morgan fingerprint density at radius 3 is 2.58 bits per heavy atom. The average molecular weight is 529 g/mol. The van der Waals surface area contributed by atoms with Crippen molar-refractivity contribution < 1.29 is 13.2 Å². The Balaban J connectivity index is 1.44. The minimum Gasteiger partial charge on any atom is -0.382 e. The maximum atomic E-state index is 13.0. The van der Waals surface area contributed by atoms with Gasteiger partial charge in [-0.2, -0.15) is 14.7 Å². The molecule has 13 nitrogen and oxygen atoms in total. The first-order valence-electron chi connectivity index (χ1n) is 11.5. The van der Waals surface area contributed by atoms with Crippen molar-refractivity contribution >= 4 is 38.5 Å². The number of anilines is 1. The molecule has 2 saturated heterocycles. The lowest BCUT2D eigenvalue weighted by Gasteiger charge is -2.38. The SMILES string of the molecule is CS(=O)(=O)c1c(C2C[C@H]3CC[C@H](C2)N3C(=O)c2ncn[nH]2)nc2c(-c3cnc(CN)s3)cnn2c1N. The Kier molecular flexibility index (Phi) is 5.31. The van der Waals surface area contributed by atoms with Crippen LogP contribution in [0.2, 0.25) is 0 Å². The third-order valence-corrected chi connectivity index (χ3v) is 9.21. The van der Waals surface area contributed by atoms with Crippen molar-refractivity contribution in [1.82, 2.24) is 39.7 Å². The molecule has 36 heavy (non-hydrogen) atoms. The van der Waals surface area contributed by atoms with Gasteiger partial charge in [-0.3, -0.25) is 9.89 Å². The number of thiazole rings is 1. The van der Waals surface area contributed by atoms with Gasteiger partial charge in [0.25, 0.3) is 5.91 Å². The van der Waals surface area contributed by atoms with E-state index in [1.807, 2.05) is 4.90 Å². The molecule has 0 radical (unpaired) electrons. The highest BCUT2D eigenvalue weighted by molar-refractivity contribution is 7.91. The number of hydrogen-bond acceptors (Lipinski definition) is 11. The van der Waals surface area contributed by atoms with Crippen molar-refractivity contribution in [3.8, 4) is 10.4 Å². The van der Waals surface area contributed by atoms with Crippen molar-refractivity contribution in [3.05, 3.63) is 35.2 Å². The number of sulfone groups is 1. The quantitative estimate of drug-likeness (QED) is 0.336. The number of aromatic amines is 1. The Hall–Kier alpha value is -3.43. The van der Waals surface area contributed by atoms with Crippen LogP contribution < -0.4 is 11.5 Å². The second-order valence-electron chi connectivity index (χ2n) is 9.20. The fourth-order valence-corrected chi connectivity index (χ4v) is 7.40. The van der Waals surface area contributed by atoms with Crippen LogP contribution in [0.1, 0.15) is 52.9 Å². The smallest absolute Gasteiger partial charge is 0.291 e. The molecule has 6 heterocycles. The van der Waals surface area contributed by atoms with E-state index in [-0.39, 0.29) is 40.4 Å². The number of H-pyrrole nitrogens is 1. The monoisotopic (exact) mass is 528 g/mol. The van der Waals surface area contributed by atoms with Gasteiger partial charge in [0.1, 0.15) is 22.0 Å². The maximum Gasteiger partial charge on any atom is 0.291 e. The van der Waals surface area contributed by atoms with Gasteiger partial charge in [-0.1, -0.05) is 0 Å². The Labute approximate surface area is 209 Å². The molecule has 4 aromatic heterocycles. The Bertz CT molecular complexity index is 1560. The van der Waals surface area contributed by atoms with Gasteiger partial charge >= 0.3 is 0 Å². The lowest BCUT2D eigenvalue weighted by atomic mass is 9.87. The molecule has 15 heteroatoms. The van der Waals surface area contributed by atoms with Gasteiger partial charge in [0, 0.05) is 37.0 Å². The number of nitrogens with one attached hydrogen (secondary N) is 1. The predicted octanol–water partition coefficient (Wildman–Crippen LogP) is 0.966. The summed E-state index contributed by atoms with van der Waals surface area (Å²) in [4.78, 5) is 28.9. The summed E-state index contributed by atoms with van der Waals surface area (Å²) in [5.41, 5.74) is 13.8. The average Bonchev–Trinajstić information content (AvgIpc) is 3.63. The molecular weight excluding hydrogens is 504 g/mol. The van der Waals surface area contributed by atoms with Crippen LogP contribution in [-0.2, 0) is 16.4 Å². The molecule has 6 rings (SSSR count). The first-order valence-corrected chi connectivity index (χ1v) is 14.2. The summed E-state index contributed by atoms with van der Waals surface area (Å²) in [6.07, 6.45) is 8.57. The molecule has 5 N–H and O–H groups in total. The first kappa shape index (κ1) is 23.0. The predicted molar refractivity (Wildman–Crippen MR) is 131 cm³/mol. The molecule has 0 saturated carbocycles. The van der Waals surface area contributed by atoms with Crippen molar-refractivity contribution in [3.63, 3.8) is 0 Å². The summed E-state index contributed by atoms with van der Waals surface area (Å²) < 4.78 is 27.2. The molecule has 2 aliphatic heterocycles. The summed E-state index contributed by atoms with van der Waals surface area (Å²) in [5, 5.41) is 11.5. The summed E-state index contributed by atoms with van der Waals surface area (Å²) in [6, 6.07) is -0.119. The van der Waals surface area contributed by atoms with Crippen LogP contribution in [0.3, 0.4) is 0 Å². The number of carbonyl (C=O) groups excluding carboxylic acids is 1. The lowest BCUT2D eigenvalue weighted by Crippen LogP contribution is -2.46. The number of nitrogen functional groups attached to an aromatic ring is 1. The molecule has 0 unspecified atom stereocenters. The van der Waals surface area contributed by atoms with E-state index >= 15 is 0 Å². The summed E-state index contributed by atoms with van der Waals surface area (Å²) in [5.74, 6) is -0.151. The highest BCUT2D eigenvalue weighted by Crippen LogP contribution is 2.45. The van der Waals surface area contributed by atoms with E-state index in [1.165, 1.54) is 22.2 Å². The largest absolute Gasteiger partial charge is 0.382 e. The van der Waals surface area contributed by atoms with Crippen LogP contribution in [0.4, 0.5) is 5.82 Å². The number of rotatable bonds is 5. The molecule has 2 aliphatic rings. The van der Waals surface area contributed by atoms with E-state index in [2.05, 4.69) is 25.3 Å². The minimum absolute atomic E-state index is 0.00369. The van der Waals surface area contributed by atoms with E-state index < -0.39 is 9.84 Å². The van der Waals surface area contributed by atoms with Gasteiger partial charge in [-0.15, -0.1) is 11.3 Å². The van der Waals surface area contributed by atoms with E-state index in [0.717, 1.165) is 29.0 Å². The number of piperidine rings is 1. The van der Waals surface area contributed by atoms with Gasteiger partial charge in [0.2, 0.25) is 5.82 Å². The first-order chi connectivity index (χ1) is 17.3.